The van der Waals surface area contributed by atoms with Crippen molar-refractivity contribution in [1.29, 1.82) is 0 Å². The van der Waals surface area contributed by atoms with Gasteiger partial charge in [-0.05, 0) is 37.8 Å². The van der Waals surface area contributed by atoms with Gasteiger partial charge in [-0.15, -0.1) is 22.9 Å². The summed E-state index contributed by atoms with van der Waals surface area (Å²) in [5.74, 6) is 0.720. The maximum absolute atomic E-state index is 6.41. The summed E-state index contributed by atoms with van der Waals surface area (Å²) in [5, 5.41) is 0.204. The number of rotatable bonds is 4. The van der Waals surface area contributed by atoms with Crippen LogP contribution in [0.5, 0.6) is 0 Å². The summed E-state index contributed by atoms with van der Waals surface area (Å²) in [6.07, 6.45) is 2.31. The molecule has 1 aromatic rings. The molecule has 2 heteroatoms. The van der Waals surface area contributed by atoms with Crippen molar-refractivity contribution in [3.63, 3.8) is 0 Å². The van der Waals surface area contributed by atoms with Crippen molar-refractivity contribution < 1.29 is 0 Å². The smallest absolute Gasteiger partial charge is 0.0598 e. The lowest BCUT2D eigenvalue weighted by Gasteiger charge is -2.13. The fraction of sp³-hybridized carbons (Fsp3) is 0.667. The van der Waals surface area contributed by atoms with Crippen LogP contribution in [0.1, 0.15) is 47.4 Å². The second-order valence-corrected chi connectivity index (χ2v) is 6.07. The highest BCUT2D eigenvalue weighted by Gasteiger charge is 2.15. The van der Waals surface area contributed by atoms with Gasteiger partial charge in [-0.1, -0.05) is 20.3 Å². The van der Waals surface area contributed by atoms with Crippen molar-refractivity contribution >= 4 is 22.9 Å². The summed E-state index contributed by atoms with van der Waals surface area (Å²) in [5.41, 5.74) is 1.34. The zero-order valence-corrected chi connectivity index (χ0v) is 11.0. The standard InChI is InChI=1S/C12H19ClS/c1-5-8(2)6-12(13)11-7-9(3)14-10(11)4/h7-8,12H,5-6H2,1-4H3. The highest BCUT2D eigenvalue weighted by molar-refractivity contribution is 7.12. The molecule has 0 saturated carbocycles. The van der Waals surface area contributed by atoms with Crippen LogP contribution in [0.4, 0.5) is 0 Å². The summed E-state index contributed by atoms with van der Waals surface area (Å²) in [6, 6.07) is 2.24. The lowest BCUT2D eigenvalue weighted by atomic mass is 9.99. The van der Waals surface area contributed by atoms with E-state index in [1.807, 2.05) is 11.3 Å². The van der Waals surface area contributed by atoms with E-state index in [9.17, 15) is 0 Å². The minimum atomic E-state index is 0.204. The minimum absolute atomic E-state index is 0.204. The molecule has 0 aliphatic rings. The molecular formula is C12H19ClS. The predicted molar refractivity (Wildman–Crippen MR) is 66.5 cm³/mol. The lowest BCUT2D eigenvalue weighted by molar-refractivity contribution is 0.508. The Kier molecular flexibility index (Phi) is 4.46. The topological polar surface area (TPSA) is 0 Å². The molecule has 0 spiro atoms. The molecule has 0 fully saturated rings. The molecule has 0 aromatic carbocycles. The predicted octanol–water partition coefficient (Wildman–Crippen LogP) is 5.08. The van der Waals surface area contributed by atoms with Crippen LogP contribution in [0.15, 0.2) is 6.07 Å². The minimum Gasteiger partial charge on any atom is -0.146 e. The van der Waals surface area contributed by atoms with Crippen LogP contribution in [0.25, 0.3) is 0 Å². The van der Waals surface area contributed by atoms with Crippen LogP contribution < -0.4 is 0 Å². The molecule has 0 nitrogen and oxygen atoms in total. The molecule has 0 N–H and O–H groups in total. The van der Waals surface area contributed by atoms with E-state index in [4.69, 9.17) is 11.6 Å². The van der Waals surface area contributed by atoms with Gasteiger partial charge in [0.25, 0.3) is 0 Å². The van der Waals surface area contributed by atoms with Crippen LogP contribution >= 0.6 is 22.9 Å². The van der Waals surface area contributed by atoms with Gasteiger partial charge < -0.3 is 0 Å². The van der Waals surface area contributed by atoms with Gasteiger partial charge in [-0.3, -0.25) is 0 Å². The molecule has 2 atom stereocenters. The first-order chi connectivity index (χ1) is 6.54. The van der Waals surface area contributed by atoms with Crippen LogP contribution in [-0.4, -0.2) is 0 Å². The van der Waals surface area contributed by atoms with Gasteiger partial charge in [0, 0.05) is 9.75 Å². The van der Waals surface area contributed by atoms with Gasteiger partial charge in [0.2, 0.25) is 0 Å². The zero-order valence-electron chi connectivity index (χ0n) is 9.43. The second-order valence-electron chi connectivity index (χ2n) is 4.09. The Labute approximate surface area is 96.3 Å². The molecule has 0 amide bonds. The van der Waals surface area contributed by atoms with Crippen molar-refractivity contribution in [3.8, 4) is 0 Å². The Hall–Kier alpha value is -0.0100. The SMILES string of the molecule is CCC(C)CC(Cl)c1cc(C)sc1C. The molecule has 1 heterocycles. The Bertz CT molecular complexity index is 291. The molecule has 0 aliphatic heterocycles. The number of halogens is 1. The van der Waals surface area contributed by atoms with Crippen molar-refractivity contribution in [2.24, 2.45) is 5.92 Å². The van der Waals surface area contributed by atoms with Crippen LogP contribution in [0.2, 0.25) is 0 Å². The largest absolute Gasteiger partial charge is 0.146 e. The van der Waals surface area contributed by atoms with Crippen molar-refractivity contribution in [2.75, 3.05) is 0 Å². The highest BCUT2D eigenvalue weighted by Crippen LogP contribution is 2.34. The first-order valence-electron chi connectivity index (χ1n) is 5.25. The van der Waals surface area contributed by atoms with Crippen molar-refractivity contribution in [3.05, 3.63) is 21.4 Å². The molecule has 1 rings (SSSR count). The van der Waals surface area contributed by atoms with Gasteiger partial charge in [0.15, 0.2) is 0 Å². The molecule has 0 saturated heterocycles. The van der Waals surface area contributed by atoms with Crippen molar-refractivity contribution in [2.45, 2.75) is 45.9 Å². The average Bonchev–Trinajstić information content (AvgIpc) is 2.45. The number of alkyl halides is 1. The first kappa shape index (κ1) is 12.1. The Morgan fingerprint density at radius 3 is 2.50 bits per heavy atom. The third-order valence-corrected chi connectivity index (χ3v) is 4.12. The molecule has 2 unspecified atom stereocenters. The number of hydrogen-bond donors (Lipinski definition) is 0. The van der Waals surface area contributed by atoms with Crippen molar-refractivity contribution in [1.82, 2.24) is 0 Å². The molecule has 1 aromatic heterocycles. The second kappa shape index (κ2) is 5.18. The summed E-state index contributed by atoms with van der Waals surface area (Å²) >= 11 is 8.25. The third kappa shape index (κ3) is 2.99. The number of hydrogen-bond acceptors (Lipinski definition) is 1. The molecule has 0 radical (unpaired) electrons. The maximum atomic E-state index is 6.41. The maximum Gasteiger partial charge on any atom is 0.0598 e. The average molecular weight is 231 g/mol. The first-order valence-corrected chi connectivity index (χ1v) is 6.50. The normalized spacial score (nSPS) is 15.5. The fourth-order valence-electron chi connectivity index (χ4n) is 1.61. The van der Waals surface area contributed by atoms with Gasteiger partial charge >= 0.3 is 0 Å². The van der Waals surface area contributed by atoms with E-state index in [0.717, 1.165) is 12.3 Å². The van der Waals surface area contributed by atoms with Crippen LogP contribution in [0.3, 0.4) is 0 Å². The number of thiophene rings is 1. The Morgan fingerprint density at radius 1 is 1.43 bits per heavy atom. The molecule has 14 heavy (non-hydrogen) atoms. The van der Waals surface area contributed by atoms with Crippen LogP contribution in [-0.2, 0) is 0 Å². The summed E-state index contributed by atoms with van der Waals surface area (Å²) in [6.45, 7) is 8.80. The number of aryl methyl sites for hydroxylation is 2. The molecular weight excluding hydrogens is 212 g/mol. The molecule has 0 bridgehead atoms. The highest BCUT2D eigenvalue weighted by atomic mass is 35.5. The van der Waals surface area contributed by atoms with Gasteiger partial charge in [0.1, 0.15) is 0 Å². The van der Waals surface area contributed by atoms with E-state index < -0.39 is 0 Å². The summed E-state index contributed by atoms with van der Waals surface area (Å²) in [4.78, 5) is 2.75. The Morgan fingerprint density at radius 2 is 2.07 bits per heavy atom. The summed E-state index contributed by atoms with van der Waals surface area (Å²) in [7, 11) is 0. The third-order valence-electron chi connectivity index (χ3n) is 2.72. The zero-order chi connectivity index (χ0) is 10.7. The quantitative estimate of drug-likeness (QED) is 0.633. The van der Waals surface area contributed by atoms with E-state index in [1.165, 1.54) is 21.7 Å². The van der Waals surface area contributed by atoms with E-state index in [0.29, 0.717) is 0 Å². The molecule has 80 valence electrons. The fourth-order valence-corrected chi connectivity index (χ4v) is 3.19. The van der Waals surface area contributed by atoms with E-state index in [-0.39, 0.29) is 5.38 Å². The van der Waals surface area contributed by atoms with Gasteiger partial charge in [0.05, 0.1) is 5.38 Å². The van der Waals surface area contributed by atoms with Gasteiger partial charge in [-0.2, -0.15) is 0 Å². The lowest BCUT2D eigenvalue weighted by Crippen LogP contribution is -1.98. The van der Waals surface area contributed by atoms with E-state index in [2.05, 4.69) is 33.8 Å². The Balaban J connectivity index is 2.69. The van der Waals surface area contributed by atoms with E-state index >= 15 is 0 Å². The van der Waals surface area contributed by atoms with Crippen LogP contribution in [0, 0.1) is 19.8 Å². The van der Waals surface area contributed by atoms with Gasteiger partial charge in [-0.25, -0.2) is 0 Å². The molecule has 0 aliphatic carbocycles. The summed E-state index contributed by atoms with van der Waals surface area (Å²) < 4.78 is 0. The monoisotopic (exact) mass is 230 g/mol. The van der Waals surface area contributed by atoms with E-state index in [1.54, 1.807) is 0 Å².